The van der Waals surface area contributed by atoms with Crippen LogP contribution in [0.5, 0.6) is 0 Å². The molecular formula is C12H18O2SeSi. The quantitative estimate of drug-likeness (QED) is 0.797. The molecule has 0 bridgehead atoms. The summed E-state index contributed by atoms with van der Waals surface area (Å²) in [6.07, 6.45) is 0. The van der Waals surface area contributed by atoms with Crippen LogP contribution in [0.2, 0.25) is 24.5 Å². The fourth-order valence-electron chi connectivity index (χ4n) is 1.14. The third-order valence-electron chi connectivity index (χ3n) is 1.79. The van der Waals surface area contributed by atoms with Crippen LogP contribution < -0.4 is 4.46 Å². The minimum atomic E-state index is -1.74. The van der Waals surface area contributed by atoms with E-state index in [4.69, 9.17) is 4.43 Å². The summed E-state index contributed by atoms with van der Waals surface area (Å²) in [7, 11) is -1.74. The van der Waals surface area contributed by atoms with Gasteiger partial charge in [0.1, 0.15) is 0 Å². The van der Waals surface area contributed by atoms with Gasteiger partial charge in [-0.3, -0.25) is 0 Å². The van der Waals surface area contributed by atoms with Crippen molar-refractivity contribution in [2.75, 3.05) is 0 Å². The Morgan fingerprint density at radius 3 is 2.31 bits per heavy atom. The zero-order valence-corrected chi connectivity index (χ0v) is 12.9. The normalized spacial score (nSPS) is 13.2. The van der Waals surface area contributed by atoms with Crippen LogP contribution in [0.3, 0.4) is 0 Å². The first kappa shape index (κ1) is 13.5. The molecule has 1 rings (SSSR count). The van der Waals surface area contributed by atoms with E-state index in [1.807, 2.05) is 44.8 Å². The monoisotopic (exact) mass is 302 g/mol. The van der Waals surface area contributed by atoms with Gasteiger partial charge in [0.2, 0.25) is 0 Å². The SMILES string of the molecule is CC([Se]c1ccccc1)C(=O)O[Si](C)(C)C. The van der Waals surface area contributed by atoms with Gasteiger partial charge in [0, 0.05) is 0 Å². The first-order valence-electron chi connectivity index (χ1n) is 5.33. The molecule has 0 aliphatic rings. The van der Waals surface area contributed by atoms with E-state index >= 15 is 0 Å². The fraction of sp³-hybridized carbons (Fsp3) is 0.417. The van der Waals surface area contributed by atoms with Crippen molar-refractivity contribution in [3.63, 3.8) is 0 Å². The molecule has 4 heteroatoms. The molecular weight excluding hydrogens is 283 g/mol. The first-order chi connectivity index (χ1) is 7.38. The van der Waals surface area contributed by atoms with Gasteiger partial charge in [-0.2, -0.15) is 0 Å². The molecule has 0 N–H and O–H groups in total. The average molecular weight is 301 g/mol. The predicted molar refractivity (Wildman–Crippen MR) is 70.7 cm³/mol. The molecule has 88 valence electrons. The van der Waals surface area contributed by atoms with Crippen molar-refractivity contribution in [1.82, 2.24) is 0 Å². The van der Waals surface area contributed by atoms with Crippen molar-refractivity contribution in [3.8, 4) is 0 Å². The summed E-state index contributed by atoms with van der Waals surface area (Å²) in [5.74, 6) is -0.0389. The van der Waals surface area contributed by atoms with E-state index in [2.05, 4.69) is 12.1 Å². The van der Waals surface area contributed by atoms with Crippen LogP contribution >= 0.6 is 0 Å². The molecule has 0 fully saturated rings. The third-order valence-corrected chi connectivity index (χ3v) is 4.90. The molecule has 16 heavy (non-hydrogen) atoms. The van der Waals surface area contributed by atoms with E-state index in [9.17, 15) is 4.79 Å². The van der Waals surface area contributed by atoms with Gasteiger partial charge < -0.3 is 0 Å². The number of hydrogen-bond donors (Lipinski definition) is 0. The average Bonchev–Trinajstić information content (AvgIpc) is 2.16. The molecule has 2 nitrogen and oxygen atoms in total. The van der Waals surface area contributed by atoms with Gasteiger partial charge >= 0.3 is 105 Å². The van der Waals surface area contributed by atoms with Crippen molar-refractivity contribution >= 4 is 33.7 Å². The fourth-order valence-corrected chi connectivity index (χ4v) is 3.93. The van der Waals surface area contributed by atoms with Gasteiger partial charge in [0.15, 0.2) is 0 Å². The summed E-state index contributed by atoms with van der Waals surface area (Å²) >= 11 is 0.165. The van der Waals surface area contributed by atoms with Crippen molar-refractivity contribution < 1.29 is 9.22 Å². The Balaban J connectivity index is 2.53. The van der Waals surface area contributed by atoms with Crippen LogP contribution in [-0.4, -0.2) is 29.2 Å². The Kier molecular flexibility index (Phi) is 4.78. The Morgan fingerprint density at radius 2 is 1.81 bits per heavy atom. The summed E-state index contributed by atoms with van der Waals surface area (Å²) in [4.78, 5) is 11.8. The van der Waals surface area contributed by atoms with Crippen LogP contribution in [0.15, 0.2) is 30.3 Å². The zero-order valence-electron chi connectivity index (χ0n) is 10.2. The van der Waals surface area contributed by atoms with Gasteiger partial charge in [-0.15, -0.1) is 0 Å². The second-order valence-corrected chi connectivity index (χ2v) is 12.0. The Hall–Kier alpha value is -0.574. The summed E-state index contributed by atoms with van der Waals surface area (Å²) in [6, 6.07) is 10.1. The van der Waals surface area contributed by atoms with Gasteiger partial charge in [-0.25, -0.2) is 0 Å². The molecule has 0 radical (unpaired) electrons. The number of carbonyl (C=O) groups is 1. The molecule has 0 saturated heterocycles. The molecule has 1 atom stereocenters. The van der Waals surface area contributed by atoms with Gasteiger partial charge in [-0.05, 0) is 0 Å². The maximum absolute atomic E-state index is 11.8. The van der Waals surface area contributed by atoms with Crippen LogP contribution in [0.25, 0.3) is 0 Å². The number of benzene rings is 1. The molecule has 0 heterocycles. The number of rotatable bonds is 4. The van der Waals surface area contributed by atoms with E-state index in [0.29, 0.717) is 0 Å². The van der Waals surface area contributed by atoms with E-state index in [0.717, 1.165) is 0 Å². The summed E-state index contributed by atoms with van der Waals surface area (Å²) in [6.45, 7) is 8.06. The van der Waals surface area contributed by atoms with E-state index in [1.165, 1.54) is 4.46 Å². The summed E-state index contributed by atoms with van der Waals surface area (Å²) in [5, 5.41) is 0. The minimum absolute atomic E-state index is 0.00150. The van der Waals surface area contributed by atoms with Crippen LogP contribution in [0, 0.1) is 0 Å². The molecule has 0 aromatic heterocycles. The third kappa shape index (κ3) is 4.97. The molecule has 0 amide bonds. The van der Waals surface area contributed by atoms with E-state index < -0.39 is 8.32 Å². The maximum atomic E-state index is 11.8. The van der Waals surface area contributed by atoms with Crippen LogP contribution in [0.4, 0.5) is 0 Å². The van der Waals surface area contributed by atoms with Crippen molar-refractivity contribution in [3.05, 3.63) is 30.3 Å². The van der Waals surface area contributed by atoms with Crippen molar-refractivity contribution in [2.45, 2.75) is 31.4 Å². The summed E-state index contributed by atoms with van der Waals surface area (Å²) < 4.78 is 6.73. The molecule has 0 saturated carbocycles. The topological polar surface area (TPSA) is 26.3 Å². The molecule has 1 aromatic carbocycles. The molecule has 0 aliphatic carbocycles. The molecule has 0 aliphatic heterocycles. The van der Waals surface area contributed by atoms with Gasteiger partial charge in [0.25, 0.3) is 0 Å². The molecule has 1 unspecified atom stereocenters. The predicted octanol–water partition coefficient (Wildman–Crippen LogP) is 2.20. The second kappa shape index (κ2) is 5.66. The second-order valence-electron chi connectivity index (χ2n) is 4.61. The molecule has 1 aromatic rings. The Labute approximate surface area is 105 Å². The molecule has 0 spiro atoms. The van der Waals surface area contributed by atoms with Gasteiger partial charge in [-0.1, -0.05) is 0 Å². The summed E-state index contributed by atoms with van der Waals surface area (Å²) in [5.41, 5.74) is 0. The Morgan fingerprint density at radius 1 is 1.25 bits per heavy atom. The van der Waals surface area contributed by atoms with Crippen LogP contribution in [0.1, 0.15) is 6.92 Å². The van der Waals surface area contributed by atoms with E-state index in [-0.39, 0.29) is 25.7 Å². The van der Waals surface area contributed by atoms with E-state index in [1.54, 1.807) is 0 Å². The zero-order chi connectivity index (χ0) is 12.2. The first-order valence-corrected chi connectivity index (χ1v) is 10.6. The number of carbonyl (C=O) groups excluding carboxylic acids is 1. The Bertz CT molecular complexity index is 346. The van der Waals surface area contributed by atoms with Crippen molar-refractivity contribution in [2.24, 2.45) is 0 Å². The van der Waals surface area contributed by atoms with Crippen LogP contribution in [-0.2, 0) is 9.22 Å². The number of hydrogen-bond acceptors (Lipinski definition) is 2. The van der Waals surface area contributed by atoms with Gasteiger partial charge in [0.05, 0.1) is 0 Å². The standard InChI is InChI=1S/C12H18O2SeSi/c1-10(12(13)14-16(2,3)4)15-11-8-6-5-7-9-11/h5-10H,1-4H3. The van der Waals surface area contributed by atoms with Crippen molar-refractivity contribution in [1.29, 1.82) is 0 Å².